The monoisotopic (exact) mass is 307 g/mol. The predicted molar refractivity (Wildman–Crippen MR) is 89.3 cm³/mol. The van der Waals surface area contributed by atoms with E-state index >= 15 is 0 Å². The van der Waals surface area contributed by atoms with E-state index < -0.39 is 10.0 Å². The van der Waals surface area contributed by atoms with E-state index in [0.29, 0.717) is 4.90 Å². The van der Waals surface area contributed by atoms with Crippen LogP contribution in [-0.2, 0) is 10.0 Å². The molecule has 1 rings (SSSR count). The van der Waals surface area contributed by atoms with Gasteiger partial charge in [0, 0.05) is 13.1 Å². The highest BCUT2D eigenvalue weighted by atomic mass is 32.2. The zero-order valence-corrected chi connectivity index (χ0v) is 14.5. The van der Waals surface area contributed by atoms with Crippen LogP contribution in [0.4, 0.5) is 0 Å². The SMILES string of the molecule is C=CCN(CC=C)S(=O)(=O)c1c(C)c(C)c(C)c(C)c1C. The van der Waals surface area contributed by atoms with Crippen LogP contribution in [0.25, 0.3) is 0 Å². The molecule has 0 radical (unpaired) electrons. The molecule has 0 spiro atoms. The Morgan fingerprint density at radius 1 is 0.810 bits per heavy atom. The van der Waals surface area contributed by atoms with Gasteiger partial charge in [-0.15, -0.1) is 13.2 Å². The Morgan fingerprint density at radius 3 is 1.48 bits per heavy atom. The van der Waals surface area contributed by atoms with E-state index in [1.165, 1.54) is 4.31 Å². The lowest BCUT2D eigenvalue weighted by Gasteiger charge is -2.24. The summed E-state index contributed by atoms with van der Waals surface area (Å²) in [6, 6.07) is 0. The first-order valence-electron chi connectivity index (χ1n) is 6.99. The van der Waals surface area contributed by atoms with Crippen molar-refractivity contribution >= 4 is 10.0 Å². The smallest absolute Gasteiger partial charge is 0.207 e. The van der Waals surface area contributed by atoms with E-state index in [-0.39, 0.29) is 13.1 Å². The first kappa shape index (κ1) is 17.7. The van der Waals surface area contributed by atoms with Crippen LogP contribution in [0.3, 0.4) is 0 Å². The van der Waals surface area contributed by atoms with Gasteiger partial charge in [-0.3, -0.25) is 0 Å². The summed E-state index contributed by atoms with van der Waals surface area (Å²) < 4.78 is 27.4. The number of rotatable bonds is 6. The van der Waals surface area contributed by atoms with Gasteiger partial charge in [-0.25, -0.2) is 8.42 Å². The molecular weight excluding hydrogens is 282 g/mol. The lowest BCUT2D eigenvalue weighted by Crippen LogP contribution is -2.32. The highest BCUT2D eigenvalue weighted by Gasteiger charge is 2.28. The van der Waals surface area contributed by atoms with Gasteiger partial charge in [-0.2, -0.15) is 4.31 Å². The minimum Gasteiger partial charge on any atom is -0.207 e. The van der Waals surface area contributed by atoms with Crippen LogP contribution >= 0.6 is 0 Å². The third-order valence-electron chi connectivity index (χ3n) is 4.19. The average molecular weight is 307 g/mol. The van der Waals surface area contributed by atoms with Crippen molar-refractivity contribution < 1.29 is 8.42 Å². The Morgan fingerprint density at radius 2 is 1.14 bits per heavy atom. The van der Waals surface area contributed by atoms with E-state index in [1.54, 1.807) is 12.2 Å². The Bertz CT molecular complexity index is 634. The van der Waals surface area contributed by atoms with Crippen LogP contribution in [0.5, 0.6) is 0 Å². The molecule has 0 atom stereocenters. The molecule has 0 heterocycles. The number of hydrogen-bond donors (Lipinski definition) is 0. The highest BCUT2D eigenvalue weighted by Crippen LogP contribution is 2.31. The molecule has 0 amide bonds. The lowest BCUT2D eigenvalue weighted by molar-refractivity contribution is 0.473. The first-order valence-corrected chi connectivity index (χ1v) is 8.43. The normalized spacial score (nSPS) is 11.7. The molecular formula is C17H25NO2S. The van der Waals surface area contributed by atoms with Crippen LogP contribution in [0.1, 0.15) is 27.8 Å². The number of sulfonamides is 1. The largest absolute Gasteiger partial charge is 0.244 e. The molecule has 1 aromatic rings. The quantitative estimate of drug-likeness (QED) is 0.753. The Balaban J connectivity index is 3.65. The summed E-state index contributed by atoms with van der Waals surface area (Å²) in [6.07, 6.45) is 3.19. The number of hydrogen-bond acceptors (Lipinski definition) is 2. The molecule has 0 fully saturated rings. The molecule has 0 aromatic heterocycles. The van der Waals surface area contributed by atoms with Crippen molar-refractivity contribution in [3.8, 4) is 0 Å². The van der Waals surface area contributed by atoms with Crippen molar-refractivity contribution in [3.05, 3.63) is 53.1 Å². The summed E-state index contributed by atoms with van der Waals surface area (Å²) in [6.45, 7) is 17.6. The summed E-state index contributed by atoms with van der Waals surface area (Å²) in [5.74, 6) is 0. The lowest BCUT2D eigenvalue weighted by atomic mass is 9.95. The van der Waals surface area contributed by atoms with Gasteiger partial charge in [0.2, 0.25) is 10.0 Å². The second-order valence-corrected chi connectivity index (χ2v) is 7.23. The van der Waals surface area contributed by atoms with Gasteiger partial charge in [0.1, 0.15) is 0 Å². The summed E-state index contributed by atoms with van der Waals surface area (Å²) in [5, 5.41) is 0. The third kappa shape index (κ3) is 3.11. The van der Waals surface area contributed by atoms with Crippen molar-refractivity contribution in [2.24, 2.45) is 0 Å². The molecule has 0 aliphatic carbocycles. The summed E-state index contributed by atoms with van der Waals surface area (Å²) in [4.78, 5) is 0.423. The molecule has 3 nitrogen and oxygen atoms in total. The van der Waals surface area contributed by atoms with Crippen LogP contribution in [-0.4, -0.2) is 25.8 Å². The van der Waals surface area contributed by atoms with Crippen molar-refractivity contribution in [2.75, 3.05) is 13.1 Å². The Hall–Kier alpha value is -1.39. The molecule has 4 heteroatoms. The minimum absolute atomic E-state index is 0.277. The summed E-state index contributed by atoms with van der Waals surface area (Å²) in [5.41, 5.74) is 4.88. The molecule has 0 saturated heterocycles. The van der Waals surface area contributed by atoms with Crippen LogP contribution in [0, 0.1) is 34.6 Å². The second kappa shape index (κ2) is 6.58. The van der Waals surface area contributed by atoms with E-state index in [1.807, 2.05) is 34.6 Å². The van der Waals surface area contributed by atoms with Crippen molar-refractivity contribution in [1.82, 2.24) is 4.31 Å². The fraction of sp³-hybridized carbons (Fsp3) is 0.412. The molecule has 0 bridgehead atoms. The van der Waals surface area contributed by atoms with Crippen molar-refractivity contribution in [1.29, 1.82) is 0 Å². The number of nitrogens with zero attached hydrogens (tertiary/aromatic N) is 1. The van der Waals surface area contributed by atoms with Crippen LogP contribution < -0.4 is 0 Å². The molecule has 0 unspecified atom stereocenters. The summed E-state index contributed by atoms with van der Waals surface area (Å²) >= 11 is 0. The predicted octanol–water partition coefficient (Wildman–Crippen LogP) is 3.59. The highest BCUT2D eigenvalue weighted by molar-refractivity contribution is 7.89. The van der Waals surface area contributed by atoms with E-state index in [4.69, 9.17) is 0 Å². The van der Waals surface area contributed by atoms with Crippen molar-refractivity contribution in [3.63, 3.8) is 0 Å². The van der Waals surface area contributed by atoms with E-state index in [2.05, 4.69) is 13.2 Å². The fourth-order valence-electron chi connectivity index (χ4n) is 2.54. The Labute approximate surface area is 129 Å². The van der Waals surface area contributed by atoms with Gasteiger partial charge < -0.3 is 0 Å². The fourth-order valence-corrected chi connectivity index (χ4v) is 4.48. The second-order valence-electron chi connectivity index (χ2n) is 5.35. The van der Waals surface area contributed by atoms with Crippen LogP contribution in [0.2, 0.25) is 0 Å². The Kier molecular flexibility index (Phi) is 5.54. The molecule has 1 aromatic carbocycles. The zero-order valence-electron chi connectivity index (χ0n) is 13.7. The van der Waals surface area contributed by atoms with E-state index in [9.17, 15) is 8.42 Å². The maximum atomic E-state index is 13.0. The zero-order chi connectivity index (χ0) is 16.4. The molecule has 116 valence electrons. The van der Waals surface area contributed by atoms with Gasteiger partial charge >= 0.3 is 0 Å². The van der Waals surface area contributed by atoms with Crippen molar-refractivity contribution in [2.45, 2.75) is 39.5 Å². The third-order valence-corrected chi connectivity index (χ3v) is 6.30. The number of benzene rings is 1. The van der Waals surface area contributed by atoms with Crippen LogP contribution in [0.15, 0.2) is 30.2 Å². The maximum Gasteiger partial charge on any atom is 0.244 e. The first-order chi connectivity index (χ1) is 9.69. The molecule has 0 saturated carbocycles. The van der Waals surface area contributed by atoms with Gasteiger partial charge in [0.05, 0.1) is 4.90 Å². The molecule has 0 aliphatic rings. The minimum atomic E-state index is -3.56. The van der Waals surface area contributed by atoms with Gasteiger partial charge in [0.25, 0.3) is 0 Å². The van der Waals surface area contributed by atoms with Gasteiger partial charge in [-0.1, -0.05) is 12.2 Å². The standard InChI is InChI=1S/C17H25NO2S/c1-8-10-18(11-9-2)21(19,20)17-15(6)13(4)12(3)14(5)16(17)7/h8-9H,1-2,10-11H2,3-7H3. The van der Waals surface area contributed by atoms with Gasteiger partial charge in [-0.05, 0) is 62.4 Å². The van der Waals surface area contributed by atoms with E-state index in [0.717, 1.165) is 27.8 Å². The average Bonchev–Trinajstić information content (AvgIpc) is 2.42. The topological polar surface area (TPSA) is 37.4 Å². The van der Waals surface area contributed by atoms with Gasteiger partial charge in [0.15, 0.2) is 0 Å². The maximum absolute atomic E-state index is 13.0. The molecule has 0 aliphatic heterocycles. The molecule has 21 heavy (non-hydrogen) atoms. The molecule has 0 N–H and O–H groups in total. The summed E-state index contributed by atoms with van der Waals surface area (Å²) in [7, 11) is -3.56.